The second-order valence-corrected chi connectivity index (χ2v) is 2.48. The Morgan fingerprint density at radius 1 is 1.45 bits per heavy atom. The Morgan fingerprint density at radius 2 is 2.18 bits per heavy atom. The fourth-order valence-corrected chi connectivity index (χ4v) is 1.03. The summed E-state index contributed by atoms with van der Waals surface area (Å²) in [4.78, 5) is 3.21. The molecule has 11 heavy (non-hydrogen) atoms. The quantitative estimate of drug-likeness (QED) is 0.669. The van der Waals surface area contributed by atoms with Crippen LogP contribution in [0.4, 0.5) is 0 Å². The lowest BCUT2D eigenvalue weighted by Gasteiger charge is -1.94. The standard InChI is InChI=1S/C8H14N2O/c1-11-6-8-3-2-7(10-8)4-5-9/h2-3,10H,4-6,9H2,1H3. The minimum absolute atomic E-state index is 0.643. The molecule has 1 aromatic heterocycles. The molecule has 0 atom stereocenters. The Morgan fingerprint density at radius 3 is 2.82 bits per heavy atom. The van der Waals surface area contributed by atoms with Crippen LogP contribution in [0.25, 0.3) is 0 Å². The topological polar surface area (TPSA) is 51.0 Å². The molecule has 0 bridgehead atoms. The zero-order chi connectivity index (χ0) is 8.10. The van der Waals surface area contributed by atoms with E-state index < -0.39 is 0 Å². The fourth-order valence-electron chi connectivity index (χ4n) is 1.03. The van der Waals surface area contributed by atoms with Crippen molar-refractivity contribution in [3.63, 3.8) is 0 Å². The molecule has 0 saturated heterocycles. The van der Waals surface area contributed by atoms with Gasteiger partial charge in [-0.2, -0.15) is 0 Å². The molecule has 1 aromatic rings. The van der Waals surface area contributed by atoms with Crippen LogP contribution in [0.2, 0.25) is 0 Å². The molecule has 3 N–H and O–H groups in total. The second-order valence-electron chi connectivity index (χ2n) is 2.48. The van der Waals surface area contributed by atoms with Gasteiger partial charge in [-0.05, 0) is 25.1 Å². The number of rotatable bonds is 4. The molecule has 0 saturated carbocycles. The molecule has 62 valence electrons. The van der Waals surface area contributed by atoms with Crippen LogP contribution in [0.15, 0.2) is 12.1 Å². The van der Waals surface area contributed by atoms with Gasteiger partial charge in [-0.3, -0.25) is 0 Å². The van der Waals surface area contributed by atoms with E-state index in [0.717, 1.165) is 12.1 Å². The van der Waals surface area contributed by atoms with Crippen LogP contribution < -0.4 is 5.73 Å². The van der Waals surface area contributed by atoms with Crippen molar-refractivity contribution in [2.75, 3.05) is 13.7 Å². The SMILES string of the molecule is COCc1ccc(CCN)[nH]1. The molecular weight excluding hydrogens is 140 g/mol. The van der Waals surface area contributed by atoms with E-state index in [1.807, 2.05) is 12.1 Å². The number of nitrogens with two attached hydrogens (primary N) is 1. The monoisotopic (exact) mass is 154 g/mol. The third-order valence-corrected chi connectivity index (χ3v) is 1.52. The van der Waals surface area contributed by atoms with Crippen LogP contribution in [-0.2, 0) is 17.8 Å². The molecule has 0 amide bonds. The molecule has 0 unspecified atom stereocenters. The molecule has 1 rings (SSSR count). The van der Waals surface area contributed by atoms with Gasteiger partial charge in [-0.15, -0.1) is 0 Å². The molecule has 0 aliphatic carbocycles. The highest BCUT2D eigenvalue weighted by Gasteiger charge is 1.95. The number of nitrogens with one attached hydrogen (secondary N) is 1. The molecule has 0 aliphatic heterocycles. The summed E-state index contributed by atoms with van der Waals surface area (Å²) in [5.41, 5.74) is 7.68. The molecule has 1 heterocycles. The van der Waals surface area contributed by atoms with E-state index in [1.54, 1.807) is 7.11 Å². The van der Waals surface area contributed by atoms with E-state index in [4.69, 9.17) is 10.5 Å². The number of aromatic nitrogens is 1. The lowest BCUT2D eigenvalue weighted by Crippen LogP contribution is -2.02. The summed E-state index contributed by atoms with van der Waals surface area (Å²) in [6.07, 6.45) is 0.906. The van der Waals surface area contributed by atoms with Crippen molar-refractivity contribution in [3.8, 4) is 0 Å². The maximum Gasteiger partial charge on any atom is 0.0861 e. The maximum atomic E-state index is 5.39. The van der Waals surface area contributed by atoms with Crippen molar-refractivity contribution in [1.82, 2.24) is 4.98 Å². The third kappa shape index (κ3) is 2.37. The Bertz CT molecular complexity index is 187. The van der Waals surface area contributed by atoms with Gasteiger partial charge < -0.3 is 15.5 Å². The van der Waals surface area contributed by atoms with E-state index >= 15 is 0 Å². The van der Waals surface area contributed by atoms with Gasteiger partial charge in [-0.25, -0.2) is 0 Å². The van der Waals surface area contributed by atoms with Gasteiger partial charge in [0.15, 0.2) is 0 Å². The summed E-state index contributed by atoms with van der Waals surface area (Å²) in [5.74, 6) is 0. The number of H-pyrrole nitrogens is 1. The maximum absolute atomic E-state index is 5.39. The van der Waals surface area contributed by atoms with Crippen molar-refractivity contribution in [2.24, 2.45) is 5.73 Å². The van der Waals surface area contributed by atoms with Crippen LogP contribution in [0.5, 0.6) is 0 Å². The van der Waals surface area contributed by atoms with E-state index in [0.29, 0.717) is 13.2 Å². The van der Waals surface area contributed by atoms with Gasteiger partial charge in [0.25, 0.3) is 0 Å². The molecule has 3 heteroatoms. The summed E-state index contributed by atoms with van der Waals surface area (Å²) in [6.45, 7) is 1.33. The molecular formula is C8H14N2O. The van der Waals surface area contributed by atoms with Crippen molar-refractivity contribution in [1.29, 1.82) is 0 Å². The summed E-state index contributed by atoms with van der Waals surface area (Å²) >= 11 is 0. The van der Waals surface area contributed by atoms with Crippen LogP contribution in [0.1, 0.15) is 11.4 Å². The molecule has 0 spiro atoms. The van der Waals surface area contributed by atoms with Crippen molar-refractivity contribution < 1.29 is 4.74 Å². The Hall–Kier alpha value is -0.800. The number of ether oxygens (including phenoxy) is 1. The van der Waals surface area contributed by atoms with Gasteiger partial charge in [0.2, 0.25) is 0 Å². The van der Waals surface area contributed by atoms with Crippen LogP contribution in [0, 0.1) is 0 Å². The normalized spacial score (nSPS) is 10.4. The van der Waals surface area contributed by atoms with Crippen molar-refractivity contribution >= 4 is 0 Å². The first-order valence-electron chi connectivity index (χ1n) is 3.72. The molecule has 0 aromatic carbocycles. The van der Waals surface area contributed by atoms with Crippen molar-refractivity contribution in [2.45, 2.75) is 13.0 Å². The van der Waals surface area contributed by atoms with E-state index in [-0.39, 0.29) is 0 Å². The third-order valence-electron chi connectivity index (χ3n) is 1.52. The van der Waals surface area contributed by atoms with Crippen LogP contribution in [0.3, 0.4) is 0 Å². The summed E-state index contributed by atoms with van der Waals surface area (Å²) in [6, 6.07) is 4.07. The average molecular weight is 154 g/mol. The highest BCUT2D eigenvalue weighted by molar-refractivity contribution is 5.12. The van der Waals surface area contributed by atoms with Gasteiger partial charge in [0.1, 0.15) is 0 Å². The first-order valence-corrected chi connectivity index (χ1v) is 3.72. The summed E-state index contributed by atoms with van der Waals surface area (Å²) in [7, 11) is 1.68. The van der Waals surface area contributed by atoms with E-state index in [9.17, 15) is 0 Å². The average Bonchev–Trinajstić information content (AvgIpc) is 2.38. The van der Waals surface area contributed by atoms with Gasteiger partial charge in [0.05, 0.1) is 6.61 Å². The minimum Gasteiger partial charge on any atom is -0.378 e. The second kappa shape index (κ2) is 4.16. The first kappa shape index (κ1) is 8.30. The highest BCUT2D eigenvalue weighted by atomic mass is 16.5. The molecule has 0 aliphatic rings. The van der Waals surface area contributed by atoms with Gasteiger partial charge in [-0.1, -0.05) is 0 Å². The van der Waals surface area contributed by atoms with Crippen molar-refractivity contribution in [3.05, 3.63) is 23.5 Å². The minimum atomic E-state index is 0.643. The number of methoxy groups -OCH3 is 1. The number of hydrogen-bond acceptors (Lipinski definition) is 2. The predicted octanol–water partition coefficient (Wildman–Crippen LogP) is 0.662. The van der Waals surface area contributed by atoms with Crippen LogP contribution >= 0.6 is 0 Å². The zero-order valence-corrected chi connectivity index (χ0v) is 6.76. The first-order chi connectivity index (χ1) is 5.36. The fraction of sp³-hybridized carbons (Fsp3) is 0.500. The Labute approximate surface area is 66.6 Å². The molecule has 3 nitrogen and oxygen atoms in total. The summed E-state index contributed by atoms with van der Waals surface area (Å²) < 4.78 is 4.96. The highest BCUT2D eigenvalue weighted by Crippen LogP contribution is 2.02. The largest absolute Gasteiger partial charge is 0.378 e. The number of aromatic amines is 1. The van der Waals surface area contributed by atoms with E-state index in [2.05, 4.69) is 4.98 Å². The predicted molar refractivity (Wildman–Crippen MR) is 44.3 cm³/mol. The number of hydrogen-bond donors (Lipinski definition) is 2. The lowest BCUT2D eigenvalue weighted by molar-refractivity contribution is 0.182. The zero-order valence-electron chi connectivity index (χ0n) is 6.76. The molecule has 0 fully saturated rings. The lowest BCUT2D eigenvalue weighted by atomic mass is 10.3. The van der Waals surface area contributed by atoms with Gasteiger partial charge >= 0.3 is 0 Å². The van der Waals surface area contributed by atoms with E-state index in [1.165, 1.54) is 5.69 Å². The Balaban J connectivity index is 2.51. The smallest absolute Gasteiger partial charge is 0.0861 e. The van der Waals surface area contributed by atoms with Crippen LogP contribution in [-0.4, -0.2) is 18.6 Å². The summed E-state index contributed by atoms with van der Waals surface area (Å²) in [5, 5.41) is 0. The Kier molecular flexibility index (Phi) is 3.14. The molecule has 0 radical (unpaired) electrons. The van der Waals surface area contributed by atoms with Gasteiger partial charge in [0, 0.05) is 18.5 Å².